The first-order valence-electron chi connectivity index (χ1n) is 28.4. The van der Waals surface area contributed by atoms with Crippen LogP contribution < -0.4 is 5.32 Å². The monoisotopic (exact) mass is 890 g/mol. The Kier molecular flexibility index (Phi) is 52.0. The second-order valence-corrected chi connectivity index (χ2v) is 19.6. The predicted octanol–water partition coefficient (Wildman–Crippen LogP) is 17.3. The molecule has 63 heavy (non-hydrogen) atoms. The van der Waals surface area contributed by atoms with Crippen LogP contribution in [0, 0.1) is 0 Å². The molecule has 0 spiro atoms. The molecule has 374 valence electrons. The van der Waals surface area contributed by atoms with Crippen LogP contribution in [0.3, 0.4) is 0 Å². The summed E-state index contributed by atoms with van der Waals surface area (Å²) in [5, 5.41) is 23.3. The van der Waals surface area contributed by atoms with Gasteiger partial charge in [0.2, 0.25) is 5.91 Å². The van der Waals surface area contributed by atoms with E-state index in [2.05, 4.69) is 31.3 Å². The van der Waals surface area contributed by atoms with Crippen LogP contribution in [0.15, 0.2) is 12.2 Å². The van der Waals surface area contributed by atoms with E-state index in [0.717, 1.165) is 57.8 Å². The summed E-state index contributed by atoms with van der Waals surface area (Å²) in [6.45, 7) is 4.92. The summed E-state index contributed by atoms with van der Waals surface area (Å²) in [5.74, 6) is -0.0653. The number of rotatable bonds is 53. The largest absolute Gasteiger partial charge is 0.466 e. The quantitative estimate of drug-likeness (QED) is 0.0321. The minimum Gasteiger partial charge on any atom is -0.466 e. The summed E-state index contributed by atoms with van der Waals surface area (Å²) in [4.78, 5) is 24.5. The number of unbranched alkanes of at least 4 members (excludes halogenated alkanes) is 40. The maximum absolute atomic E-state index is 12.5. The van der Waals surface area contributed by atoms with Crippen molar-refractivity contribution in [3.8, 4) is 0 Å². The first-order chi connectivity index (χ1) is 31.0. The number of hydrogen-bond acceptors (Lipinski definition) is 5. The highest BCUT2D eigenvalue weighted by molar-refractivity contribution is 5.76. The van der Waals surface area contributed by atoms with Crippen LogP contribution in [0.2, 0.25) is 0 Å². The molecule has 0 aromatic heterocycles. The Hall–Kier alpha value is -1.40. The molecule has 0 saturated heterocycles. The van der Waals surface area contributed by atoms with E-state index in [4.69, 9.17) is 4.74 Å². The number of esters is 1. The van der Waals surface area contributed by atoms with Crippen molar-refractivity contribution < 1.29 is 24.5 Å². The lowest BCUT2D eigenvalue weighted by Crippen LogP contribution is -2.45. The molecule has 1 amide bonds. The molecule has 2 unspecified atom stereocenters. The summed E-state index contributed by atoms with van der Waals surface area (Å²) in [6, 6.07) is -0.553. The van der Waals surface area contributed by atoms with Gasteiger partial charge in [-0.2, -0.15) is 0 Å². The van der Waals surface area contributed by atoms with Crippen molar-refractivity contribution in [1.29, 1.82) is 0 Å². The summed E-state index contributed by atoms with van der Waals surface area (Å²) in [6.07, 6.45) is 61.9. The molecule has 6 heteroatoms. The molecule has 0 rings (SSSR count). The Morgan fingerprint density at radius 1 is 0.429 bits per heavy atom. The Labute approximate surface area is 393 Å². The van der Waals surface area contributed by atoms with E-state index in [0.29, 0.717) is 25.9 Å². The van der Waals surface area contributed by atoms with Gasteiger partial charge in [0.25, 0.3) is 0 Å². The molecule has 0 aliphatic heterocycles. The molecule has 0 saturated carbocycles. The van der Waals surface area contributed by atoms with Gasteiger partial charge >= 0.3 is 5.97 Å². The number of carbonyl (C=O) groups is 2. The molecule has 0 fully saturated rings. The van der Waals surface area contributed by atoms with Gasteiger partial charge in [0.15, 0.2) is 0 Å². The van der Waals surface area contributed by atoms with E-state index >= 15 is 0 Å². The van der Waals surface area contributed by atoms with Crippen molar-refractivity contribution in [3.05, 3.63) is 12.2 Å². The lowest BCUT2D eigenvalue weighted by Gasteiger charge is -2.22. The topological polar surface area (TPSA) is 95.9 Å². The van der Waals surface area contributed by atoms with Crippen molar-refractivity contribution in [3.63, 3.8) is 0 Å². The van der Waals surface area contributed by atoms with E-state index in [-0.39, 0.29) is 18.5 Å². The molecule has 0 aromatic carbocycles. The maximum atomic E-state index is 12.5. The van der Waals surface area contributed by atoms with E-state index in [9.17, 15) is 19.8 Å². The zero-order valence-corrected chi connectivity index (χ0v) is 42.6. The van der Waals surface area contributed by atoms with E-state index in [1.165, 1.54) is 225 Å². The fraction of sp³-hybridized carbons (Fsp3) is 0.930. The van der Waals surface area contributed by atoms with Crippen LogP contribution in [-0.4, -0.2) is 47.4 Å². The molecule has 0 aliphatic rings. The van der Waals surface area contributed by atoms with Gasteiger partial charge in [0.1, 0.15) is 0 Å². The molecular weight excluding hydrogens is 779 g/mol. The molecule has 0 aromatic rings. The number of aliphatic hydroxyl groups is 2. The molecule has 0 aliphatic carbocycles. The van der Waals surface area contributed by atoms with Crippen LogP contribution in [0.4, 0.5) is 0 Å². The van der Waals surface area contributed by atoms with Crippen LogP contribution in [0.25, 0.3) is 0 Å². The average Bonchev–Trinajstić information content (AvgIpc) is 3.28. The minimum atomic E-state index is -0.675. The van der Waals surface area contributed by atoms with Gasteiger partial charge in [-0.3, -0.25) is 9.59 Å². The smallest absolute Gasteiger partial charge is 0.305 e. The fourth-order valence-electron chi connectivity index (χ4n) is 8.93. The van der Waals surface area contributed by atoms with Gasteiger partial charge in [-0.25, -0.2) is 0 Å². The molecule has 3 N–H and O–H groups in total. The van der Waals surface area contributed by atoms with Gasteiger partial charge in [0, 0.05) is 12.8 Å². The van der Waals surface area contributed by atoms with E-state index < -0.39 is 12.1 Å². The Morgan fingerprint density at radius 3 is 1.14 bits per heavy atom. The lowest BCUT2D eigenvalue weighted by atomic mass is 10.0. The zero-order chi connectivity index (χ0) is 45.8. The highest BCUT2D eigenvalue weighted by atomic mass is 16.5. The Morgan fingerprint density at radius 2 is 0.746 bits per heavy atom. The highest BCUT2D eigenvalue weighted by Crippen LogP contribution is 2.17. The molecule has 0 heterocycles. The third-order valence-electron chi connectivity index (χ3n) is 13.3. The predicted molar refractivity (Wildman–Crippen MR) is 273 cm³/mol. The number of ether oxygens (including phenoxy) is 1. The number of carbonyl (C=O) groups excluding carboxylic acids is 2. The lowest BCUT2D eigenvalue weighted by molar-refractivity contribution is -0.143. The minimum absolute atomic E-state index is 0.0175. The number of amides is 1. The zero-order valence-electron chi connectivity index (χ0n) is 42.6. The standard InChI is InChI=1S/C57H111NO5/c1-3-5-7-9-11-13-15-17-18-19-20-21-22-23-24-26-29-33-37-41-45-49-55(60)54(53-59)58-56(61)50-46-42-38-34-30-27-28-32-36-40-44-48-52-63-57(62)51-47-43-39-35-31-25-16-14-12-10-8-6-4-2/h14,16,54-55,59-60H,3-13,15,17-53H2,1-2H3,(H,58,61)/b16-14-. The number of allylic oxidation sites excluding steroid dienone is 2. The van der Waals surface area contributed by atoms with Crippen molar-refractivity contribution >= 4 is 11.9 Å². The van der Waals surface area contributed by atoms with Gasteiger partial charge in [-0.1, -0.05) is 264 Å². The summed E-state index contributed by atoms with van der Waals surface area (Å²) >= 11 is 0. The van der Waals surface area contributed by atoms with Crippen molar-refractivity contribution in [2.75, 3.05) is 13.2 Å². The van der Waals surface area contributed by atoms with Crippen LogP contribution in [-0.2, 0) is 14.3 Å². The normalized spacial score (nSPS) is 12.6. The molecule has 6 nitrogen and oxygen atoms in total. The molecule has 0 radical (unpaired) electrons. The Bertz CT molecular complexity index is 939. The SMILES string of the molecule is CCCCCC/C=C\CCCCCCCC(=O)OCCCCCCCCCCCCCCC(=O)NC(CO)C(O)CCCCCCCCCCCCCCCCCCCCCCC. The summed E-state index contributed by atoms with van der Waals surface area (Å²) in [7, 11) is 0. The fourth-order valence-corrected chi connectivity index (χ4v) is 8.93. The first-order valence-corrected chi connectivity index (χ1v) is 28.4. The molecule has 2 atom stereocenters. The second kappa shape index (κ2) is 53.2. The first kappa shape index (κ1) is 61.6. The van der Waals surface area contributed by atoms with Crippen molar-refractivity contribution in [2.45, 2.75) is 328 Å². The van der Waals surface area contributed by atoms with Crippen LogP contribution in [0.1, 0.15) is 316 Å². The van der Waals surface area contributed by atoms with Crippen LogP contribution in [0.5, 0.6) is 0 Å². The molecular formula is C57H111NO5. The maximum Gasteiger partial charge on any atom is 0.305 e. The molecule has 0 bridgehead atoms. The van der Waals surface area contributed by atoms with E-state index in [1.807, 2.05) is 0 Å². The Balaban J connectivity index is 3.46. The van der Waals surface area contributed by atoms with Gasteiger partial charge < -0.3 is 20.3 Å². The summed E-state index contributed by atoms with van der Waals surface area (Å²) < 4.78 is 5.45. The van der Waals surface area contributed by atoms with Gasteiger partial charge in [-0.15, -0.1) is 0 Å². The third-order valence-corrected chi connectivity index (χ3v) is 13.3. The average molecular weight is 891 g/mol. The highest BCUT2D eigenvalue weighted by Gasteiger charge is 2.20. The number of hydrogen-bond donors (Lipinski definition) is 3. The van der Waals surface area contributed by atoms with Gasteiger partial charge in [0.05, 0.1) is 25.4 Å². The second-order valence-electron chi connectivity index (χ2n) is 19.6. The van der Waals surface area contributed by atoms with E-state index in [1.54, 1.807) is 0 Å². The third kappa shape index (κ3) is 49.9. The number of nitrogens with one attached hydrogen (secondary N) is 1. The van der Waals surface area contributed by atoms with Crippen molar-refractivity contribution in [1.82, 2.24) is 5.32 Å². The van der Waals surface area contributed by atoms with Gasteiger partial charge in [-0.05, 0) is 51.4 Å². The number of aliphatic hydroxyl groups excluding tert-OH is 2. The van der Waals surface area contributed by atoms with Crippen molar-refractivity contribution in [2.24, 2.45) is 0 Å². The van der Waals surface area contributed by atoms with Crippen LogP contribution >= 0.6 is 0 Å². The summed E-state index contributed by atoms with van der Waals surface area (Å²) in [5.41, 5.74) is 0.